The lowest BCUT2D eigenvalue weighted by Crippen LogP contribution is -2.68. The molecule has 5 fully saturated rings. The lowest BCUT2D eigenvalue weighted by molar-refractivity contribution is -0.289. The fourth-order valence-corrected chi connectivity index (χ4v) is 7.27. The smallest absolute Gasteiger partial charge is 0.252 e. The number of amides is 1. The summed E-state index contributed by atoms with van der Waals surface area (Å²) in [5, 5.41) is 67.4. The van der Waals surface area contributed by atoms with Crippen LogP contribution in [0.1, 0.15) is 32.1 Å². The van der Waals surface area contributed by atoms with Gasteiger partial charge in [0.15, 0.2) is 24.8 Å². The van der Waals surface area contributed by atoms with E-state index in [1.807, 2.05) is 0 Å². The van der Waals surface area contributed by atoms with Crippen molar-refractivity contribution >= 4 is 11.9 Å². The third-order valence-electron chi connectivity index (χ3n) is 10.3. The summed E-state index contributed by atoms with van der Waals surface area (Å²) in [4.78, 5) is 17.2. The number of aliphatic hydroxyl groups is 6. The van der Waals surface area contributed by atoms with Gasteiger partial charge in [-0.2, -0.15) is 0 Å². The van der Waals surface area contributed by atoms with Crippen LogP contribution < -0.4 is 45.5 Å². The largest absolute Gasteiger partial charge is 0.394 e. The van der Waals surface area contributed by atoms with E-state index in [0.717, 1.165) is 0 Å². The molecule has 294 valence electrons. The highest BCUT2D eigenvalue weighted by atomic mass is 16.8. The van der Waals surface area contributed by atoms with Crippen LogP contribution in [0.5, 0.6) is 0 Å². The maximum Gasteiger partial charge on any atom is 0.252 e. The highest BCUT2D eigenvalue weighted by Crippen LogP contribution is 2.37. The first-order valence-electron chi connectivity index (χ1n) is 17.2. The van der Waals surface area contributed by atoms with E-state index in [1.165, 1.54) is 0 Å². The van der Waals surface area contributed by atoms with E-state index in [1.54, 1.807) is 0 Å². The van der Waals surface area contributed by atoms with Crippen molar-refractivity contribution in [2.45, 2.75) is 148 Å². The second kappa shape index (κ2) is 16.6. The van der Waals surface area contributed by atoms with Crippen molar-refractivity contribution in [1.29, 1.82) is 0 Å². The summed E-state index contributed by atoms with van der Waals surface area (Å²) < 4.78 is 35.7. The number of nitrogens with zero attached hydrogens (tertiary/aromatic N) is 1. The molecule has 5 aliphatic rings. The first-order chi connectivity index (χ1) is 24.1. The minimum atomic E-state index is -1.81. The summed E-state index contributed by atoms with van der Waals surface area (Å²) in [6.07, 6.45) is -15.7. The van der Waals surface area contributed by atoms with Gasteiger partial charge in [0.2, 0.25) is 0 Å². The molecule has 22 nitrogen and oxygen atoms in total. The van der Waals surface area contributed by atoms with Crippen molar-refractivity contribution in [1.82, 2.24) is 5.32 Å². The van der Waals surface area contributed by atoms with Crippen LogP contribution >= 0.6 is 0 Å². The molecule has 0 aromatic carbocycles. The summed E-state index contributed by atoms with van der Waals surface area (Å²) in [7, 11) is 0. The van der Waals surface area contributed by atoms with Gasteiger partial charge >= 0.3 is 0 Å². The van der Waals surface area contributed by atoms with E-state index in [0.29, 0.717) is 12.8 Å². The van der Waals surface area contributed by atoms with Crippen molar-refractivity contribution < 1.29 is 63.9 Å². The molecule has 0 aromatic rings. The number of ether oxygens (including phenoxy) is 6. The molecular formula is C29H55N9O13. The lowest BCUT2D eigenvalue weighted by atomic mass is 9.74. The SMILES string of the molecule is NCC1CCC(N)C(OC2C(N)CC(NC(=O)C3(O)CC(N=C(N)N)C3)C(O)C2OC2OC(CO)C(OC3OC(CN)C(O)C(O)C3N)C2O)O1. The number of aliphatic imine (C=N–C) groups is 1. The van der Waals surface area contributed by atoms with Gasteiger partial charge in [-0.05, 0) is 19.3 Å². The van der Waals surface area contributed by atoms with Crippen LogP contribution in [-0.4, -0.2) is 178 Å². The van der Waals surface area contributed by atoms with Crippen LogP contribution in [0.4, 0.5) is 0 Å². The zero-order chi connectivity index (χ0) is 37.4. The number of aliphatic hydroxyl groups excluding tert-OH is 5. The Balaban J connectivity index is 1.34. The van der Waals surface area contributed by atoms with E-state index in [9.17, 15) is 35.4 Å². The number of nitrogens with one attached hydrogen (secondary N) is 1. The molecule has 51 heavy (non-hydrogen) atoms. The van der Waals surface area contributed by atoms with Gasteiger partial charge in [0, 0.05) is 32.0 Å². The van der Waals surface area contributed by atoms with Crippen molar-refractivity contribution in [2.75, 3.05) is 19.7 Å². The molecule has 3 heterocycles. The topological polar surface area (TPSA) is 400 Å². The molecule has 17 unspecified atom stereocenters. The second-order valence-corrected chi connectivity index (χ2v) is 14.1. The maximum atomic E-state index is 13.2. The molecule has 2 aliphatic carbocycles. The minimum Gasteiger partial charge on any atom is -0.394 e. The molecule has 1 amide bonds. The van der Waals surface area contributed by atoms with Gasteiger partial charge in [0.05, 0.1) is 36.9 Å². The van der Waals surface area contributed by atoms with Crippen molar-refractivity contribution in [3.8, 4) is 0 Å². The van der Waals surface area contributed by atoms with E-state index >= 15 is 0 Å². The van der Waals surface area contributed by atoms with Crippen LogP contribution in [0, 0.1) is 0 Å². The number of hydrogen-bond donors (Lipinski definition) is 14. The third kappa shape index (κ3) is 8.57. The first kappa shape index (κ1) is 40.2. The number of carbonyl (C=O) groups excluding carboxylic acids is 1. The predicted molar refractivity (Wildman–Crippen MR) is 173 cm³/mol. The van der Waals surface area contributed by atoms with E-state index in [2.05, 4.69) is 10.3 Å². The number of rotatable bonds is 12. The number of hydrogen-bond acceptors (Lipinski definition) is 19. The normalized spacial score (nSPS) is 48.8. The van der Waals surface area contributed by atoms with Crippen LogP contribution in [0.3, 0.4) is 0 Å². The minimum absolute atomic E-state index is 0.0421. The Bertz CT molecular complexity index is 1200. The Morgan fingerprint density at radius 3 is 2.06 bits per heavy atom. The highest BCUT2D eigenvalue weighted by molar-refractivity contribution is 5.87. The van der Waals surface area contributed by atoms with Crippen LogP contribution in [0.15, 0.2) is 4.99 Å². The van der Waals surface area contributed by atoms with Gasteiger partial charge < -0.3 is 105 Å². The predicted octanol–water partition coefficient (Wildman–Crippen LogP) is -8.51. The monoisotopic (exact) mass is 737 g/mol. The number of carbonyl (C=O) groups is 1. The maximum absolute atomic E-state index is 13.2. The number of guanidine groups is 1. The fraction of sp³-hybridized carbons (Fsp3) is 0.931. The van der Waals surface area contributed by atoms with Crippen LogP contribution in [0.25, 0.3) is 0 Å². The lowest BCUT2D eigenvalue weighted by Gasteiger charge is -2.47. The molecule has 3 saturated heterocycles. The molecule has 2 saturated carbocycles. The first-order valence-corrected chi connectivity index (χ1v) is 17.2. The van der Waals surface area contributed by atoms with Gasteiger partial charge in [0.25, 0.3) is 5.91 Å². The van der Waals surface area contributed by atoms with Crippen LogP contribution in [0.2, 0.25) is 0 Å². The molecule has 3 aliphatic heterocycles. The molecule has 0 bridgehead atoms. The second-order valence-electron chi connectivity index (χ2n) is 14.1. The van der Waals surface area contributed by atoms with Crippen molar-refractivity contribution in [3.05, 3.63) is 0 Å². The van der Waals surface area contributed by atoms with Gasteiger partial charge in [0.1, 0.15) is 60.5 Å². The van der Waals surface area contributed by atoms with Gasteiger partial charge in [-0.3, -0.25) is 9.79 Å². The molecule has 5 rings (SSSR count). The molecule has 0 aromatic heterocycles. The molecule has 17 atom stereocenters. The quantitative estimate of drug-likeness (QED) is 0.0653. The molecule has 22 heteroatoms. The molecule has 0 radical (unpaired) electrons. The summed E-state index contributed by atoms with van der Waals surface area (Å²) in [5.41, 5.74) is 39.4. The summed E-state index contributed by atoms with van der Waals surface area (Å²) in [5.74, 6) is -0.973. The Morgan fingerprint density at radius 2 is 1.43 bits per heavy atom. The Kier molecular flexibility index (Phi) is 13.1. The van der Waals surface area contributed by atoms with E-state index in [-0.39, 0.29) is 44.4 Å². The van der Waals surface area contributed by atoms with E-state index < -0.39 is 122 Å². The average molecular weight is 738 g/mol. The number of nitrogens with two attached hydrogens (primary N) is 7. The summed E-state index contributed by atoms with van der Waals surface area (Å²) in [6.45, 7) is -0.655. The van der Waals surface area contributed by atoms with E-state index in [4.69, 9.17) is 68.6 Å². The summed E-state index contributed by atoms with van der Waals surface area (Å²) in [6, 6.07) is -4.34. The summed E-state index contributed by atoms with van der Waals surface area (Å²) >= 11 is 0. The molecular weight excluding hydrogens is 682 g/mol. The van der Waals surface area contributed by atoms with Gasteiger partial charge in [-0.15, -0.1) is 0 Å². The molecule has 0 spiro atoms. The van der Waals surface area contributed by atoms with Crippen molar-refractivity contribution in [3.63, 3.8) is 0 Å². The van der Waals surface area contributed by atoms with Crippen molar-refractivity contribution in [2.24, 2.45) is 45.1 Å². The fourth-order valence-electron chi connectivity index (χ4n) is 7.27. The zero-order valence-corrected chi connectivity index (χ0v) is 28.1. The van der Waals surface area contributed by atoms with Crippen LogP contribution in [-0.2, 0) is 33.2 Å². The molecule has 21 N–H and O–H groups in total. The zero-order valence-electron chi connectivity index (χ0n) is 28.1. The average Bonchev–Trinajstić information content (AvgIpc) is 3.37. The Hall–Kier alpha value is -1.94. The highest BCUT2D eigenvalue weighted by Gasteiger charge is 2.55. The third-order valence-corrected chi connectivity index (χ3v) is 10.3. The Labute approximate surface area is 293 Å². The van der Waals surface area contributed by atoms with Gasteiger partial charge in [-0.25, -0.2) is 0 Å². The Morgan fingerprint density at radius 1 is 0.784 bits per heavy atom. The van der Waals surface area contributed by atoms with Gasteiger partial charge in [-0.1, -0.05) is 0 Å². The standard InChI is InChI=1S/C29H55N9O13/c30-6-10-1-2-11(32)24(46-10)49-21-12(33)3-13(38-27(44)29(45)4-9(5-29)37-28(35)36)17(40)23(21)51-26-20(43)22(15(8-39)48-26)50-25-16(34)19(42)18(41)14(7-31)47-25/h9-26,39-43,45H,1-8,30-34H2,(H,38,44)(H4,35,36,37).